The van der Waals surface area contributed by atoms with E-state index in [2.05, 4.69) is 14.9 Å². The largest absolute Gasteiger partial charge is 0.243 e. The zero-order valence-electron chi connectivity index (χ0n) is 4.96. The summed E-state index contributed by atoms with van der Waals surface area (Å²) in [4.78, 5) is 0. The lowest BCUT2D eigenvalue weighted by Gasteiger charge is -1.78. The second kappa shape index (κ2) is 2.27. The summed E-state index contributed by atoms with van der Waals surface area (Å²) in [5.41, 5.74) is 0.912. The van der Waals surface area contributed by atoms with Gasteiger partial charge in [-0.25, -0.2) is 4.63 Å². The molecule has 1 heterocycles. The molecular formula is C5H5N3O. The smallest absolute Gasteiger partial charge is 0.207 e. The summed E-state index contributed by atoms with van der Waals surface area (Å²) >= 11 is 0. The summed E-state index contributed by atoms with van der Waals surface area (Å²) in [5, 5.41) is 15.2. The van der Waals surface area contributed by atoms with Crippen molar-refractivity contribution in [1.29, 1.82) is 5.26 Å². The van der Waals surface area contributed by atoms with Crippen molar-refractivity contribution in [2.45, 2.75) is 13.3 Å². The monoisotopic (exact) mass is 123 g/mol. The third-order valence-electron chi connectivity index (χ3n) is 0.997. The number of hydrogen-bond acceptors (Lipinski definition) is 4. The average Bonchev–Trinajstić information content (AvgIpc) is 2.33. The van der Waals surface area contributed by atoms with Crippen molar-refractivity contribution in [2.24, 2.45) is 0 Å². The van der Waals surface area contributed by atoms with Gasteiger partial charge in [-0.15, -0.1) is 0 Å². The molecular weight excluding hydrogens is 118 g/mol. The van der Waals surface area contributed by atoms with Crippen molar-refractivity contribution >= 4 is 0 Å². The minimum absolute atomic E-state index is 0.289. The van der Waals surface area contributed by atoms with Crippen molar-refractivity contribution in [1.82, 2.24) is 10.3 Å². The molecule has 9 heavy (non-hydrogen) atoms. The number of nitriles is 1. The lowest BCUT2D eigenvalue weighted by molar-refractivity contribution is 0.302. The van der Waals surface area contributed by atoms with E-state index in [9.17, 15) is 0 Å². The Hall–Kier alpha value is -1.37. The van der Waals surface area contributed by atoms with Gasteiger partial charge in [-0.1, -0.05) is 12.1 Å². The molecule has 0 saturated carbocycles. The fourth-order valence-electron chi connectivity index (χ4n) is 0.523. The lowest BCUT2D eigenvalue weighted by Crippen LogP contribution is -1.83. The molecule has 46 valence electrons. The molecule has 0 atom stereocenters. The van der Waals surface area contributed by atoms with Gasteiger partial charge >= 0.3 is 0 Å². The van der Waals surface area contributed by atoms with Gasteiger partial charge in [0.1, 0.15) is 11.8 Å². The average molecular weight is 123 g/mol. The molecule has 0 radical (unpaired) electrons. The van der Waals surface area contributed by atoms with E-state index in [1.807, 2.05) is 13.0 Å². The Morgan fingerprint density at radius 2 is 2.44 bits per heavy atom. The highest BCUT2D eigenvalue weighted by atomic mass is 16.6. The molecule has 1 aromatic rings. The maximum atomic E-state index is 8.33. The Morgan fingerprint density at radius 3 is 2.89 bits per heavy atom. The first-order chi connectivity index (χ1) is 4.38. The Bertz CT molecular complexity index is 235. The molecule has 0 N–H and O–H groups in total. The molecule has 4 heteroatoms. The highest BCUT2D eigenvalue weighted by molar-refractivity contribution is 5.22. The van der Waals surface area contributed by atoms with E-state index in [0.717, 1.165) is 0 Å². The van der Waals surface area contributed by atoms with E-state index < -0.39 is 0 Å². The second-order valence-electron chi connectivity index (χ2n) is 1.52. The zero-order valence-corrected chi connectivity index (χ0v) is 4.96. The highest BCUT2D eigenvalue weighted by Crippen LogP contribution is 1.99. The minimum Gasteiger partial charge on any atom is -0.243 e. The van der Waals surface area contributed by atoms with E-state index in [1.165, 1.54) is 0 Å². The fourth-order valence-corrected chi connectivity index (χ4v) is 0.523. The normalized spacial score (nSPS) is 8.89. The van der Waals surface area contributed by atoms with Crippen molar-refractivity contribution < 1.29 is 4.63 Å². The summed E-state index contributed by atoms with van der Waals surface area (Å²) in [6.07, 6.45) is 0.687. The van der Waals surface area contributed by atoms with Gasteiger partial charge in [-0.05, 0) is 11.6 Å². The van der Waals surface area contributed by atoms with Crippen LogP contribution in [0.15, 0.2) is 4.63 Å². The fraction of sp³-hybridized carbons (Fsp3) is 0.400. The Kier molecular flexibility index (Phi) is 1.45. The molecule has 4 nitrogen and oxygen atoms in total. The van der Waals surface area contributed by atoms with Gasteiger partial charge in [0.2, 0.25) is 5.69 Å². The van der Waals surface area contributed by atoms with E-state index in [0.29, 0.717) is 12.1 Å². The third-order valence-corrected chi connectivity index (χ3v) is 0.997. The predicted molar refractivity (Wildman–Crippen MR) is 28.4 cm³/mol. The van der Waals surface area contributed by atoms with Crippen LogP contribution in [-0.2, 0) is 6.42 Å². The standard InChI is InChI=1S/C5H5N3O/c1-2-4-5(3-6)8-9-7-4/h2H2,1H3. The van der Waals surface area contributed by atoms with Crippen LogP contribution >= 0.6 is 0 Å². The summed E-state index contributed by atoms with van der Waals surface area (Å²) in [7, 11) is 0. The van der Waals surface area contributed by atoms with Gasteiger partial charge < -0.3 is 0 Å². The van der Waals surface area contributed by atoms with Crippen LogP contribution < -0.4 is 0 Å². The number of nitrogens with zero attached hydrogens (tertiary/aromatic N) is 3. The summed E-state index contributed by atoms with van der Waals surface area (Å²) in [5.74, 6) is 0. The molecule has 0 spiro atoms. The molecule has 0 aliphatic carbocycles. The molecule has 0 fully saturated rings. The number of hydrogen-bond donors (Lipinski definition) is 0. The van der Waals surface area contributed by atoms with Crippen molar-refractivity contribution in [3.8, 4) is 6.07 Å². The summed E-state index contributed by atoms with van der Waals surface area (Å²) in [6, 6.07) is 1.86. The van der Waals surface area contributed by atoms with Crippen LogP contribution in [0.1, 0.15) is 18.3 Å². The van der Waals surface area contributed by atoms with Crippen molar-refractivity contribution in [3.63, 3.8) is 0 Å². The Morgan fingerprint density at radius 1 is 1.67 bits per heavy atom. The first kappa shape index (κ1) is 5.76. The number of rotatable bonds is 1. The molecule has 0 unspecified atom stereocenters. The zero-order chi connectivity index (χ0) is 6.69. The number of aryl methyl sites for hydroxylation is 1. The van der Waals surface area contributed by atoms with E-state index in [-0.39, 0.29) is 5.69 Å². The molecule has 0 bridgehead atoms. The van der Waals surface area contributed by atoms with Gasteiger partial charge in [0.25, 0.3) is 0 Å². The Balaban J connectivity index is 3.02. The summed E-state index contributed by atoms with van der Waals surface area (Å²) in [6.45, 7) is 1.89. The van der Waals surface area contributed by atoms with Gasteiger partial charge in [-0.3, -0.25) is 0 Å². The van der Waals surface area contributed by atoms with E-state index in [4.69, 9.17) is 5.26 Å². The third kappa shape index (κ3) is 0.891. The number of aromatic nitrogens is 2. The SMILES string of the molecule is CCc1nonc1C#N. The van der Waals surface area contributed by atoms with Gasteiger partial charge in [0, 0.05) is 0 Å². The lowest BCUT2D eigenvalue weighted by atomic mass is 10.3. The molecule has 0 aliphatic heterocycles. The quantitative estimate of drug-likeness (QED) is 0.545. The predicted octanol–water partition coefficient (Wildman–Crippen LogP) is 0.504. The topological polar surface area (TPSA) is 62.7 Å². The molecule has 0 amide bonds. The minimum atomic E-state index is 0.289. The molecule has 0 saturated heterocycles. The Labute approximate surface area is 52.1 Å². The van der Waals surface area contributed by atoms with Crippen LogP contribution in [0.5, 0.6) is 0 Å². The highest BCUT2D eigenvalue weighted by Gasteiger charge is 2.04. The molecule has 1 aromatic heterocycles. The van der Waals surface area contributed by atoms with Crippen LogP contribution in [0.2, 0.25) is 0 Å². The molecule has 1 rings (SSSR count). The summed E-state index contributed by atoms with van der Waals surface area (Å²) < 4.78 is 4.30. The van der Waals surface area contributed by atoms with Crippen LogP contribution in [0.25, 0.3) is 0 Å². The first-order valence-electron chi connectivity index (χ1n) is 2.60. The van der Waals surface area contributed by atoms with E-state index >= 15 is 0 Å². The van der Waals surface area contributed by atoms with Crippen LogP contribution in [0.3, 0.4) is 0 Å². The molecule has 0 aromatic carbocycles. The van der Waals surface area contributed by atoms with Gasteiger partial charge in [0.05, 0.1) is 0 Å². The first-order valence-corrected chi connectivity index (χ1v) is 2.60. The maximum absolute atomic E-state index is 8.33. The molecule has 0 aliphatic rings. The van der Waals surface area contributed by atoms with Gasteiger partial charge in [0.15, 0.2) is 0 Å². The van der Waals surface area contributed by atoms with Crippen LogP contribution in [0.4, 0.5) is 0 Å². The van der Waals surface area contributed by atoms with Crippen LogP contribution in [-0.4, -0.2) is 10.3 Å². The van der Waals surface area contributed by atoms with Crippen LogP contribution in [0, 0.1) is 11.3 Å². The van der Waals surface area contributed by atoms with E-state index in [1.54, 1.807) is 0 Å². The van der Waals surface area contributed by atoms with Gasteiger partial charge in [-0.2, -0.15) is 5.26 Å². The van der Waals surface area contributed by atoms with Crippen molar-refractivity contribution in [2.75, 3.05) is 0 Å². The maximum Gasteiger partial charge on any atom is 0.207 e. The van der Waals surface area contributed by atoms with Crippen molar-refractivity contribution in [3.05, 3.63) is 11.4 Å². The second-order valence-corrected chi connectivity index (χ2v) is 1.52.